The molecule has 228 valence electrons. The predicted molar refractivity (Wildman–Crippen MR) is 203 cm³/mol. The van der Waals surface area contributed by atoms with Gasteiger partial charge in [0.25, 0.3) is 0 Å². The van der Waals surface area contributed by atoms with E-state index >= 15 is 0 Å². The predicted octanol–water partition coefficient (Wildman–Crippen LogP) is 13.2. The van der Waals surface area contributed by atoms with Gasteiger partial charge in [0.1, 0.15) is 5.58 Å². The lowest BCUT2D eigenvalue weighted by atomic mass is 9.84. The van der Waals surface area contributed by atoms with Crippen LogP contribution in [0, 0.1) is 0 Å². The Hall–Kier alpha value is -6.38. The minimum Gasteiger partial charge on any atom is -0.460 e. The van der Waals surface area contributed by atoms with E-state index in [1.54, 1.807) is 0 Å². The Kier molecular flexibility index (Phi) is 5.47. The summed E-state index contributed by atoms with van der Waals surface area (Å²) in [6, 6.07) is 54.8. The van der Waals surface area contributed by atoms with Crippen LogP contribution in [0.5, 0.6) is 0 Å². The molecule has 0 bridgehead atoms. The lowest BCUT2D eigenvalue weighted by Gasteiger charge is -2.19. The summed E-state index contributed by atoms with van der Waals surface area (Å²) in [5.74, 6) is 0. The van der Waals surface area contributed by atoms with Gasteiger partial charge in [-0.15, -0.1) is 0 Å². The van der Waals surface area contributed by atoms with E-state index < -0.39 is 0 Å². The number of fused-ring (bicyclic) bond motifs is 10. The van der Waals surface area contributed by atoms with E-state index in [0.717, 1.165) is 56.0 Å². The third-order valence-corrected chi connectivity index (χ3v) is 10.6. The second-order valence-corrected chi connectivity index (χ2v) is 13.2. The van der Waals surface area contributed by atoms with Crippen molar-refractivity contribution in [1.29, 1.82) is 0 Å². The topological polar surface area (TPSA) is 26.3 Å². The normalized spacial score (nSPS) is 12.4. The molecule has 0 spiro atoms. The molecule has 0 N–H and O–H groups in total. The third-order valence-electron chi connectivity index (χ3n) is 10.6. The van der Waals surface area contributed by atoms with Crippen molar-refractivity contribution in [3.63, 3.8) is 0 Å². The van der Waals surface area contributed by atoms with Gasteiger partial charge in [0.15, 0.2) is 11.2 Å². The number of hydrogen-bond donors (Lipinski definition) is 0. The van der Waals surface area contributed by atoms with Crippen LogP contribution >= 0.6 is 0 Å². The molecule has 0 saturated heterocycles. The van der Waals surface area contributed by atoms with E-state index in [0.29, 0.717) is 0 Å². The van der Waals surface area contributed by atoms with Crippen LogP contribution in [-0.4, -0.2) is 0 Å². The summed E-state index contributed by atoms with van der Waals surface area (Å²) in [5, 5.41) is 8.20. The van der Waals surface area contributed by atoms with Crippen molar-refractivity contribution in [3.05, 3.63) is 169 Å². The quantitative estimate of drug-likeness (QED) is 0.183. The summed E-state index contributed by atoms with van der Waals surface area (Å²) in [6.45, 7) is 0. The fourth-order valence-electron chi connectivity index (χ4n) is 8.44. The fourth-order valence-corrected chi connectivity index (χ4v) is 8.44. The number of rotatable bonds is 3. The second kappa shape index (κ2) is 10.1. The maximum Gasteiger partial charge on any atom is 0.178 e. The van der Waals surface area contributed by atoms with E-state index in [9.17, 15) is 0 Å². The zero-order valence-corrected chi connectivity index (χ0v) is 26.5. The zero-order chi connectivity index (χ0) is 32.1. The van der Waals surface area contributed by atoms with Crippen LogP contribution in [0.4, 0.5) is 0 Å². The molecule has 11 rings (SSSR count). The summed E-state index contributed by atoms with van der Waals surface area (Å²) in [5.41, 5.74) is 15.1. The van der Waals surface area contributed by atoms with Crippen molar-refractivity contribution < 1.29 is 8.83 Å². The van der Waals surface area contributed by atoms with Gasteiger partial charge in [-0.2, -0.15) is 0 Å². The maximum atomic E-state index is 6.68. The molecule has 0 amide bonds. The molecule has 0 saturated carbocycles. The summed E-state index contributed by atoms with van der Waals surface area (Å²) in [7, 11) is 0. The SMILES string of the molecule is c1ccc(-c2coc3c2ccc2c4ccc(-c5c6ccccc6c(-c6cccc7c6Cc6ccccc6-7)c6ccccc56)cc4oc23)cc1. The molecule has 2 heteroatoms. The number of hydrogen-bond acceptors (Lipinski definition) is 2. The van der Waals surface area contributed by atoms with Crippen LogP contribution in [0.3, 0.4) is 0 Å². The molecule has 0 atom stereocenters. The van der Waals surface area contributed by atoms with Gasteiger partial charge in [-0.1, -0.05) is 127 Å². The fraction of sp³-hybridized carbons (Fsp3) is 0.0213. The first-order chi connectivity index (χ1) is 24.3. The Bertz CT molecular complexity index is 2900. The van der Waals surface area contributed by atoms with E-state index in [4.69, 9.17) is 8.83 Å². The standard InChI is InChI=1S/C47H28O2/c1-2-11-28(12-3-1)42-27-48-46-40(42)24-23-39-33-22-21-30(26-43(33)49-47(39)46)44-34-15-6-8-17-36(34)45(37-18-9-7-16-35(37)44)38-20-10-19-32-31-14-5-4-13-29(31)25-41(32)38/h1-24,26-27H,25H2. The molecule has 0 unspecified atom stereocenters. The molecular formula is C47H28O2. The van der Waals surface area contributed by atoms with Gasteiger partial charge in [-0.25, -0.2) is 0 Å². The van der Waals surface area contributed by atoms with Gasteiger partial charge < -0.3 is 8.83 Å². The molecule has 49 heavy (non-hydrogen) atoms. The molecule has 2 heterocycles. The van der Waals surface area contributed by atoms with Gasteiger partial charge >= 0.3 is 0 Å². The molecule has 2 nitrogen and oxygen atoms in total. The van der Waals surface area contributed by atoms with Crippen LogP contribution in [0.2, 0.25) is 0 Å². The first kappa shape index (κ1) is 26.7. The lowest BCUT2D eigenvalue weighted by Crippen LogP contribution is -1.94. The Balaban J connectivity index is 1.14. The summed E-state index contributed by atoms with van der Waals surface area (Å²) in [6.07, 6.45) is 2.79. The van der Waals surface area contributed by atoms with E-state index in [-0.39, 0.29) is 0 Å². The van der Waals surface area contributed by atoms with Crippen LogP contribution in [0.15, 0.2) is 167 Å². The smallest absolute Gasteiger partial charge is 0.178 e. The van der Waals surface area contributed by atoms with Gasteiger partial charge in [-0.3, -0.25) is 0 Å². The van der Waals surface area contributed by atoms with Gasteiger partial charge in [-0.05, 0) is 102 Å². The molecule has 1 aliphatic carbocycles. The first-order valence-corrected chi connectivity index (χ1v) is 16.9. The average Bonchev–Trinajstić information content (AvgIpc) is 3.87. The van der Waals surface area contributed by atoms with Crippen molar-refractivity contribution in [2.24, 2.45) is 0 Å². The Morgan fingerprint density at radius 1 is 0.388 bits per heavy atom. The van der Waals surface area contributed by atoms with Crippen LogP contribution < -0.4 is 0 Å². The minimum absolute atomic E-state index is 0.784. The Morgan fingerprint density at radius 2 is 1.02 bits per heavy atom. The summed E-state index contributed by atoms with van der Waals surface area (Å²) >= 11 is 0. The van der Waals surface area contributed by atoms with Crippen molar-refractivity contribution in [2.45, 2.75) is 6.42 Å². The highest BCUT2D eigenvalue weighted by Gasteiger charge is 2.25. The number of benzene rings is 8. The molecule has 0 aliphatic heterocycles. The van der Waals surface area contributed by atoms with Gasteiger partial charge in [0.2, 0.25) is 0 Å². The molecule has 10 aromatic rings. The minimum atomic E-state index is 0.784. The highest BCUT2D eigenvalue weighted by atomic mass is 16.4. The molecule has 0 radical (unpaired) electrons. The first-order valence-electron chi connectivity index (χ1n) is 16.9. The summed E-state index contributed by atoms with van der Waals surface area (Å²) in [4.78, 5) is 0. The van der Waals surface area contributed by atoms with Crippen LogP contribution in [0.25, 0.3) is 99.0 Å². The van der Waals surface area contributed by atoms with Crippen LogP contribution in [0.1, 0.15) is 11.1 Å². The van der Waals surface area contributed by atoms with Crippen molar-refractivity contribution in [3.8, 4) is 44.5 Å². The summed E-state index contributed by atoms with van der Waals surface area (Å²) < 4.78 is 12.9. The molecule has 0 fully saturated rings. The molecular weight excluding hydrogens is 597 g/mol. The number of furan rings is 2. The monoisotopic (exact) mass is 624 g/mol. The van der Waals surface area contributed by atoms with Gasteiger partial charge in [0, 0.05) is 21.7 Å². The molecule has 8 aromatic carbocycles. The largest absolute Gasteiger partial charge is 0.460 e. The van der Waals surface area contributed by atoms with E-state index in [1.165, 1.54) is 60.5 Å². The molecule has 1 aliphatic rings. The van der Waals surface area contributed by atoms with Crippen molar-refractivity contribution in [2.75, 3.05) is 0 Å². The second-order valence-electron chi connectivity index (χ2n) is 13.2. The molecule has 2 aromatic heterocycles. The van der Waals surface area contributed by atoms with Crippen molar-refractivity contribution in [1.82, 2.24) is 0 Å². The highest BCUT2D eigenvalue weighted by molar-refractivity contribution is 6.23. The van der Waals surface area contributed by atoms with Gasteiger partial charge in [0.05, 0.1) is 6.26 Å². The lowest BCUT2D eigenvalue weighted by molar-refractivity contribution is 0.600. The van der Waals surface area contributed by atoms with Crippen LogP contribution in [-0.2, 0) is 6.42 Å². The van der Waals surface area contributed by atoms with Crippen molar-refractivity contribution >= 4 is 54.5 Å². The highest BCUT2D eigenvalue weighted by Crippen LogP contribution is 2.49. The zero-order valence-electron chi connectivity index (χ0n) is 26.5. The average molecular weight is 625 g/mol. The van der Waals surface area contributed by atoms with E-state index in [1.807, 2.05) is 12.3 Å². The Morgan fingerprint density at radius 3 is 1.82 bits per heavy atom. The third kappa shape index (κ3) is 3.77. The van der Waals surface area contributed by atoms with E-state index in [2.05, 4.69) is 146 Å². The maximum absolute atomic E-state index is 6.68. The Labute approximate surface area is 282 Å².